The molecular weight excluding hydrogens is 268 g/mol. The Morgan fingerprint density at radius 1 is 1.43 bits per heavy atom. The molecule has 0 aliphatic carbocycles. The Morgan fingerprint density at radius 2 is 2.24 bits per heavy atom. The fourth-order valence-corrected chi connectivity index (χ4v) is 2.50. The van der Waals surface area contributed by atoms with E-state index < -0.39 is 0 Å². The first-order valence-corrected chi connectivity index (χ1v) is 7.46. The van der Waals surface area contributed by atoms with Crippen molar-refractivity contribution in [1.82, 2.24) is 5.32 Å². The number of carbonyl (C=O) groups is 2. The molecule has 114 valence electrons. The molecule has 1 unspecified atom stereocenters. The van der Waals surface area contributed by atoms with Crippen molar-refractivity contribution in [2.75, 3.05) is 18.5 Å². The monoisotopic (exact) mass is 290 g/mol. The molecule has 1 aromatic carbocycles. The van der Waals surface area contributed by atoms with Crippen LogP contribution >= 0.6 is 0 Å². The molecule has 0 radical (unpaired) electrons. The van der Waals surface area contributed by atoms with Crippen LogP contribution in [0.1, 0.15) is 42.1 Å². The van der Waals surface area contributed by atoms with Crippen LogP contribution in [0, 0.1) is 5.92 Å². The van der Waals surface area contributed by atoms with Crippen molar-refractivity contribution in [3.8, 4) is 0 Å². The summed E-state index contributed by atoms with van der Waals surface area (Å²) in [7, 11) is 0. The summed E-state index contributed by atoms with van der Waals surface area (Å²) >= 11 is 0. The summed E-state index contributed by atoms with van der Waals surface area (Å²) in [5.41, 5.74) is 2.42. The third-order valence-electron chi connectivity index (χ3n) is 3.93. The predicted octanol–water partition coefficient (Wildman–Crippen LogP) is 1.71. The van der Waals surface area contributed by atoms with Crippen LogP contribution in [0.15, 0.2) is 18.2 Å². The van der Waals surface area contributed by atoms with E-state index in [1.165, 1.54) is 0 Å². The molecule has 0 fully saturated rings. The van der Waals surface area contributed by atoms with Gasteiger partial charge in [-0.05, 0) is 42.5 Å². The molecule has 21 heavy (non-hydrogen) atoms. The number of rotatable bonds is 6. The molecule has 5 heteroatoms. The van der Waals surface area contributed by atoms with Crippen LogP contribution in [-0.4, -0.2) is 30.1 Å². The average molecular weight is 290 g/mol. The molecule has 0 spiro atoms. The molecule has 1 aliphatic rings. The number of aliphatic hydroxyl groups is 1. The highest BCUT2D eigenvalue weighted by atomic mass is 16.3. The molecule has 3 N–H and O–H groups in total. The third kappa shape index (κ3) is 4.04. The van der Waals surface area contributed by atoms with Crippen molar-refractivity contribution < 1.29 is 14.7 Å². The summed E-state index contributed by atoms with van der Waals surface area (Å²) in [4.78, 5) is 23.5. The van der Waals surface area contributed by atoms with Crippen molar-refractivity contribution in [1.29, 1.82) is 0 Å². The van der Waals surface area contributed by atoms with Crippen molar-refractivity contribution in [3.63, 3.8) is 0 Å². The van der Waals surface area contributed by atoms with Gasteiger partial charge in [0.25, 0.3) is 5.91 Å². The smallest absolute Gasteiger partial charge is 0.251 e. The topological polar surface area (TPSA) is 78.4 Å². The van der Waals surface area contributed by atoms with Crippen molar-refractivity contribution in [3.05, 3.63) is 29.3 Å². The predicted molar refractivity (Wildman–Crippen MR) is 81.2 cm³/mol. The highest BCUT2D eigenvalue weighted by Gasteiger charge is 2.17. The van der Waals surface area contributed by atoms with Gasteiger partial charge in [-0.2, -0.15) is 0 Å². The Balaban J connectivity index is 1.98. The van der Waals surface area contributed by atoms with Crippen LogP contribution in [0.2, 0.25) is 0 Å². The molecule has 0 saturated heterocycles. The lowest BCUT2D eigenvalue weighted by Crippen LogP contribution is -2.30. The van der Waals surface area contributed by atoms with E-state index in [4.69, 9.17) is 5.11 Å². The molecule has 2 rings (SSSR count). The molecule has 2 amide bonds. The van der Waals surface area contributed by atoms with Gasteiger partial charge in [0.2, 0.25) is 5.91 Å². The Labute approximate surface area is 124 Å². The van der Waals surface area contributed by atoms with E-state index in [0.717, 1.165) is 17.7 Å². The van der Waals surface area contributed by atoms with Gasteiger partial charge in [-0.15, -0.1) is 0 Å². The first kappa shape index (κ1) is 15.5. The number of nitrogens with one attached hydrogen (secondary N) is 2. The quantitative estimate of drug-likeness (QED) is 0.746. The fourth-order valence-electron chi connectivity index (χ4n) is 2.50. The number of benzene rings is 1. The van der Waals surface area contributed by atoms with Gasteiger partial charge >= 0.3 is 0 Å². The number of aliphatic hydroxyl groups excluding tert-OH is 1. The van der Waals surface area contributed by atoms with E-state index in [2.05, 4.69) is 10.6 Å². The van der Waals surface area contributed by atoms with E-state index in [9.17, 15) is 9.59 Å². The summed E-state index contributed by atoms with van der Waals surface area (Å²) in [6, 6.07) is 5.36. The molecule has 0 saturated carbocycles. The normalized spacial score (nSPS) is 15.0. The zero-order valence-electron chi connectivity index (χ0n) is 12.3. The van der Waals surface area contributed by atoms with Crippen LogP contribution < -0.4 is 10.6 Å². The van der Waals surface area contributed by atoms with Crippen LogP contribution in [0.5, 0.6) is 0 Å². The van der Waals surface area contributed by atoms with Gasteiger partial charge in [0.1, 0.15) is 0 Å². The second kappa shape index (κ2) is 7.22. The Kier molecular flexibility index (Phi) is 5.33. The van der Waals surface area contributed by atoms with Crippen molar-refractivity contribution in [2.24, 2.45) is 5.92 Å². The minimum atomic E-state index is -0.105. The highest BCUT2D eigenvalue weighted by molar-refractivity contribution is 5.97. The van der Waals surface area contributed by atoms with Gasteiger partial charge < -0.3 is 15.7 Å². The number of hydrogen-bond acceptors (Lipinski definition) is 3. The maximum atomic E-state index is 12.2. The number of amides is 2. The van der Waals surface area contributed by atoms with Crippen LogP contribution in [0.3, 0.4) is 0 Å². The number of carbonyl (C=O) groups excluding carboxylic acids is 2. The van der Waals surface area contributed by atoms with E-state index in [-0.39, 0.29) is 18.4 Å². The second-order valence-corrected chi connectivity index (χ2v) is 5.42. The SMILES string of the molecule is CCC(CCO)CNC(=O)c1ccc2c(c1)CCC(=O)N2. The first-order valence-electron chi connectivity index (χ1n) is 7.46. The van der Waals surface area contributed by atoms with Gasteiger partial charge in [-0.25, -0.2) is 0 Å². The lowest BCUT2D eigenvalue weighted by Gasteiger charge is -2.18. The second-order valence-electron chi connectivity index (χ2n) is 5.42. The van der Waals surface area contributed by atoms with Gasteiger partial charge in [-0.3, -0.25) is 9.59 Å². The van der Waals surface area contributed by atoms with E-state index in [1.54, 1.807) is 12.1 Å². The van der Waals surface area contributed by atoms with Crippen LogP contribution in [0.4, 0.5) is 5.69 Å². The number of hydrogen-bond donors (Lipinski definition) is 3. The minimum absolute atomic E-state index is 0.0227. The van der Waals surface area contributed by atoms with Gasteiger partial charge in [0.05, 0.1) is 0 Å². The summed E-state index contributed by atoms with van der Waals surface area (Å²) < 4.78 is 0. The highest BCUT2D eigenvalue weighted by Crippen LogP contribution is 2.23. The van der Waals surface area contributed by atoms with Crippen LogP contribution in [-0.2, 0) is 11.2 Å². The van der Waals surface area contributed by atoms with Crippen molar-refractivity contribution >= 4 is 17.5 Å². The average Bonchev–Trinajstić information content (AvgIpc) is 2.50. The van der Waals surface area contributed by atoms with Crippen LogP contribution in [0.25, 0.3) is 0 Å². The standard InChI is InChI=1S/C16H22N2O3/c1-2-11(7-8-19)10-17-16(21)13-3-5-14-12(9-13)4-6-15(20)18-14/h3,5,9,11,19H,2,4,6-8,10H2,1H3,(H,17,21)(H,18,20). The zero-order valence-corrected chi connectivity index (χ0v) is 12.3. The van der Waals surface area contributed by atoms with E-state index in [0.29, 0.717) is 37.3 Å². The molecule has 1 aromatic rings. The summed E-state index contributed by atoms with van der Waals surface area (Å²) in [6.07, 6.45) is 2.76. The Morgan fingerprint density at radius 3 is 2.95 bits per heavy atom. The van der Waals surface area contributed by atoms with Gasteiger partial charge in [-0.1, -0.05) is 13.3 Å². The number of anilines is 1. The first-order chi connectivity index (χ1) is 10.1. The molecule has 0 aromatic heterocycles. The van der Waals surface area contributed by atoms with Crippen molar-refractivity contribution in [2.45, 2.75) is 32.6 Å². The maximum absolute atomic E-state index is 12.2. The number of aryl methyl sites for hydroxylation is 1. The van der Waals surface area contributed by atoms with E-state index >= 15 is 0 Å². The molecule has 1 heterocycles. The zero-order chi connectivity index (χ0) is 15.2. The van der Waals surface area contributed by atoms with Gasteiger partial charge in [0, 0.05) is 30.8 Å². The third-order valence-corrected chi connectivity index (χ3v) is 3.93. The molecule has 5 nitrogen and oxygen atoms in total. The van der Waals surface area contributed by atoms with E-state index in [1.807, 2.05) is 13.0 Å². The summed E-state index contributed by atoms with van der Waals surface area (Å²) in [5.74, 6) is 0.219. The number of fused-ring (bicyclic) bond motifs is 1. The largest absolute Gasteiger partial charge is 0.396 e. The molecule has 1 aliphatic heterocycles. The Hall–Kier alpha value is -1.88. The molecule has 1 atom stereocenters. The minimum Gasteiger partial charge on any atom is -0.396 e. The molecular formula is C16H22N2O3. The molecule has 0 bridgehead atoms. The lowest BCUT2D eigenvalue weighted by atomic mass is 9.99. The summed E-state index contributed by atoms with van der Waals surface area (Å²) in [5, 5.41) is 14.7. The maximum Gasteiger partial charge on any atom is 0.251 e. The van der Waals surface area contributed by atoms with Gasteiger partial charge in [0.15, 0.2) is 0 Å². The Bertz CT molecular complexity index is 528. The summed E-state index contributed by atoms with van der Waals surface area (Å²) in [6.45, 7) is 2.77. The fraction of sp³-hybridized carbons (Fsp3) is 0.500. The lowest BCUT2D eigenvalue weighted by molar-refractivity contribution is -0.116.